The summed E-state index contributed by atoms with van der Waals surface area (Å²) in [5.41, 5.74) is 10.1. The number of hydrogen-bond acceptors (Lipinski definition) is 6. The van der Waals surface area contributed by atoms with Crippen molar-refractivity contribution in [2.24, 2.45) is 11.5 Å². The maximum absolute atomic E-state index is 11.4. The van der Waals surface area contributed by atoms with Crippen LogP contribution in [0.25, 0.3) is 0 Å². The number of aliphatic hydroxyl groups is 1. The van der Waals surface area contributed by atoms with Crippen LogP contribution in [0.4, 0.5) is 0 Å². The summed E-state index contributed by atoms with van der Waals surface area (Å²) in [6.45, 7) is -1.07. The fourth-order valence-corrected chi connectivity index (χ4v) is 1.17. The van der Waals surface area contributed by atoms with Crippen LogP contribution in [0.3, 0.4) is 0 Å². The molecule has 0 aromatic carbocycles. The topological polar surface area (TPSA) is 185 Å². The minimum absolute atomic E-state index is 0.152. The van der Waals surface area contributed by atoms with Crippen molar-refractivity contribution >= 4 is 23.7 Å². The van der Waals surface area contributed by atoms with Crippen LogP contribution in [0.5, 0.6) is 0 Å². The maximum Gasteiger partial charge on any atom is 0.326 e. The summed E-state index contributed by atoms with van der Waals surface area (Å²) in [7, 11) is 0. The molecule has 114 valence electrons. The van der Waals surface area contributed by atoms with Gasteiger partial charge in [-0.15, -0.1) is 0 Å². The molecule has 10 heteroatoms. The Bertz CT molecular complexity index is 386. The molecule has 10 nitrogen and oxygen atoms in total. The molecular weight excluding hydrogens is 272 g/mol. The number of aliphatic hydroxyl groups excluding tert-OH is 1. The van der Waals surface area contributed by atoms with E-state index in [1.165, 1.54) is 0 Å². The Morgan fingerprint density at radius 2 is 1.80 bits per heavy atom. The van der Waals surface area contributed by atoms with Crippen molar-refractivity contribution in [1.82, 2.24) is 10.6 Å². The van der Waals surface area contributed by atoms with Gasteiger partial charge < -0.3 is 32.3 Å². The molecule has 0 aromatic heterocycles. The molecule has 0 radical (unpaired) electrons. The Morgan fingerprint density at radius 1 is 1.20 bits per heavy atom. The number of carbonyl (C=O) groups excluding carboxylic acids is 3. The molecule has 0 saturated heterocycles. The number of nitrogens with two attached hydrogens (primary N) is 2. The van der Waals surface area contributed by atoms with Gasteiger partial charge in [0.1, 0.15) is 12.1 Å². The van der Waals surface area contributed by atoms with Crippen LogP contribution in [-0.4, -0.2) is 59.1 Å². The third-order valence-electron chi connectivity index (χ3n) is 2.27. The molecule has 0 spiro atoms. The van der Waals surface area contributed by atoms with E-state index in [0.29, 0.717) is 0 Å². The van der Waals surface area contributed by atoms with E-state index in [-0.39, 0.29) is 12.8 Å². The second-order valence-corrected chi connectivity index (χ2v) is 3.97. The van der Waals surface area contributed by atoms with Gasteiger partial charge >= 0.3 is 5.97 Å². The average molecular weight is 290 g/mol. The Kier molecular flexibility index (Phi) is 7.85. The average Bonchev–Trinajstić information content (AvgIpc) is 2.39. The standard InChI is InChI=1S/C10H18N4O6/c11-5(4-15)9(18)13-3-8(17)14-6(10(19)20)1-2-7(12)16/h5-6,15H,1-4,11H2,(H2,12,16)(H,13,18)(H,14,17)(H,19,20). The zero-order valence-electron chi connectivity index (χ0n) is 10.7. The normalized spacial score (nSPS) is 13.1. The summed E-state index contributed by atoms with van der Waals surface area (Å²) in [6, 6.07) is -2.44. The minimum atomic E-state index is -1.32. The van der Waals surface area contributed by atoms with E-state index in [0.717, 1.165) is 0 Å². The first-order valence-electron chi connectivity index (χ1n) is 5.72. The second kappa shape index (κ2) is 8.82. The zero-order chi connectivity index (χ0) is 15.7. The summed E-state index contributed by atoms with van der Waals surface area (Å²) in [4.78, 5) is 44.0. The van der Waals surface area contributed by atoms with Crippen LogP contribution in [0, 0.1) is 0 Å². The third-order valence-corrected chi connectivity index (χ3v) is 2.27. The van der Waals surface area contributed by atoms with Crippen LogP contribution in [0.2, 0.25) is 0 Å². The van der Waals surface area contributed by atoms with Crippen LogP contribution in [0.15, 0.2) is 0 Å². The predicted molar refractivity (Wildman–Crippen MR) is 66.1 cm³/mol. The highest BCUT2D eigenvalue weighted by molar-refractivity contribution is 5.89. The van der Waals surface area contributed by atoms with Gasteiger partial charge in [-0.3, -0.25) is 14.4 Å². The van der Waals surface area contributed by atoms with Crippen molar-refractivity contribution in [2.75, 3.05) is 13.2 Å². The molecule has 8 N–H and O–H groups in total. The van der Waals surface area contributed by atoms with Crippen molar-refractivity contribution < 1.29 is 29.4 Å². The molecule has 0 aromatic rings. The van der Waals surface area contributed by atoms with E-state index in [1.54, 1.807) is 0 Å². The third kappa shape index (κ3) is 7.28. The number of amides is 3. The van der Waals surface area contributed by atoms with Crippen molar-refractivity contribution in [2.45, 2.75) is 24.9 Å². The number of carboxylic acids is 1. The van der Waals surface area contributed by atoms with Gasteiger partial charge in [0.15, 0.2) is 0 Å². The molecular formula is C10H18N4O6. The Hall–Kier alpha value is -2.20. The SMILES string of the molecule is NC(=O)CCC(NC(=O)CNC(=O)C(N)CO)C(=O)O. The van der Waals surface area contributed by atoms with Gasteiger partial charge in [-0.25, -0.2) is 4.79 Å². The fraction of sp³-hybridized carbons (Fsp3) is 0.600. The van der Waals surface area contributed by atoms with Crippen LogP contribution in [0.1, 0.15) is 12.8 Å². The van der Waals surface area contributed by atoms with Crippen molar-refractivity contribution in [3.05, 3.63) is 0 Å². The van der Waals surface area contributed by atoms with Crippen molar-refractivity contribution in [1.29, 1.82) is 0 Å². The van der Waals surface area contributed by atoms with E-state index in [4.69, 9.17) is 21.7 Å². The highest BCUT2D eigenvalue weighted by Gasteiger charge is 2.21. The summed E-state index contributed by atoms with van der Waals surface area (Å²) in [5, 5.41) is 21.7. The molecule has 0 fully saturated rings. The summed E-state index contributed by atoms with van der Waals surface area (Å²) in [5.74, 6) is -3.52. The molecule has 2 unspecified atom stereocenters. The van der Waals surface area contributed by atoms with Gasteiger partial charge in [-0.2, -0.15) is 0 Å². The molecule has 3 amide bonds. The smallest absolute Gasteiger partial charge is 0.326 e. The number of rotatable bonds is 9. The van der Waals surface area contributed by atoms with Gasteiger partial charge in [0.2, 0.25) is 17.7 Å². The lowest BCUT2D eigenvalue weighted by atomic mass is 10.1. The number of primary amides is 1. The highest BCUT2D eigenvalue weighted by Crippen LogP contribution is 1.97. The largest absolute Gasteiger partial charge is 0.480 e. The Morgan fingerprint density at radius 3 is 2.25 bits per heavy atom. The first-order valence-corrected chi connectivity index (χ1v) is 5.72. The van der Waals surface area contributed by atoms with Gasteiger partial charge in [0, 0.05) is 6.42 Å². The fourth-order valence-electron chi connectivity index (χ4n) is 1.17. The summed E-state index contributed by atoms with van der Waals surface area (Å²) < 4.78 is 0. The van der Waals surface area contributed by atoms with E-state index in [9.17, 15) is 19.2 Å². The second-order valence-electron chi connectivity index (χ2n) is 3.97. The lowest BCUT2D eigenvalue weighted by Gasteiger charge is -2.14. The number of hydrogen-bond donors (Lipinski definition) is 6. The van der Waals surface area contributed by atoms with Gasteiger partial charge in [-0.1, -0.05) is 0 Å². The quantitative estimate of drug-likeness (QED) is 0.252. The zero-order valence-corrected chi connectivity index (χ0v) is 10.7. The molecule has 2 atom stereocenters. The molecule has 0 heterocycles. The lowest BCUT2D eigenvalue weighted by molar-refractivity contribution is -0.142. The van der Waals surface area contributed by atoms with E-state index in [1.807, 2.05) is 0 Å². The molecule has 0 rings (SSSR count). The summed E-state index contributed by atoms with van der Waals surface area (Å²) in [6.07, 6.45) is -0.348. The molecule has 20 heavy (non-hydrogen) atoms. The van der Waals surface area contributed by atoms with E-state index < -0.39 is 48.9 Å². The molecule has 0 aliphatic carbocycles. The molecule has 0 saturated carbocycles. The first-order chi connectivity index (χ1) is 9.27. The number of carboxylic acid groups (broad SMARTS) is 1. The number of aliphatic carboxylic acids is 1. The van der Waals surface area contributed by atoms with E-state index in [2.05, 4.69) is 10.6 Å². The Labute approximate surface area is 114 Å². The summed E-state index contributed by atoms with van der Waals surface area (Å²) >= 11 is 0. The van der Waals surface area contributed by atoms with Gasteiger partial charge in [0.05, 0.1) is 13.2 Å². The molecule has 0 aliphatic rings. The minimum Gasteiger partial charge on any atom is -0.480 e. The molecule has 0 bridgehead atoms. The highest BCUT2D eigenvalue weighted by atomic mass is 16.4. The molecule has 0 aliphatic heterocycles. The van der Waals surface area contributed by atoms with Crippen molar-refractivity contribution in [3.8, 4) is 0 Å². The number of carbonyl (C=O) groups is 4. The van der Waals surface area contributed by atoms with Crippen LogP contribution >= 0.6 is 0 Å². The van der Waals surface area contributed by atoms with Crippen LogP contribution in [-0.2, 0) is 19.2 Å². The van der Waals surface area contributed by atoms with Gasteiger partial charge in [0.25, 0.3) is 0 Å². The van der Waals surface area contributed by atoms with Gasteiger partial charge in [-0.05, 0) is 6.42 Å². The van der Waals surface area contributed by atoms with Crippen LogP contribution < -0.4 is 22.1 Å². The van der Waals surface area contributed by atoms with Crippen molar-refractivity contribution in [3.63, 3.8) is 0 Å². The lowest BCUT2D eigenvalue weighted by Crippen LogP contribution is -2.49. The van der Waals surface area contributed by atoms with E-state index >= 15 is 0 Å². The first kappa shape index (κ1) is 17.8. The Balaban J connectivity index is 4.23. The number of nitrogens with one attached hydrogen (secondary N) is 2. The monoisotopic (exact) mass is 290 g/mol. The maximum atomic E-state index is 11.4. The predicted octanol–water partition coefficient (Wildman–Crippen LogP) is -3.74.